The summed E-state index contributed by atoms with van der Waals surface area (Å²) in [5.41, 5.74) is 7.24. The minimum Gasteiger partial charge on any atom is -0.483 e. The Hall–Kier alpha value is -3.02. The van der Waals surface area contributed by atoms with E-state index in [1.807, 2.05) is 38.1 Å². The van der Waals surface area contributed by atoms with Gasteiger partial charge in [0.2, 0.25) is 0 Å². The molecule has 2 aromatic carbocycles. The summed E-state index contributed by atoms with van der Waals surface area (Å²) in [6.45, 7) is 3.71. The van der Waals surface area contributed by atoms with Crippen molar-refractivity contribution in [1.82, 2.24) is 10.9 Å². The van der Waals surface area contributed by atoms with Crippen LogP contribution < -0.4 is 20.9 Å². The number of rotatable bonds is 4. The predicted octanol–water partition coefficient (Wildman–Crippen LogP) is 2.54. The molecule has 3 N–H and O–H groups in total. The molecule has 0 aliphatic carbocycles. The zero-order valence-electron chi connectivity index (χ0n) is 13.1. The predicted molar refractivity (Wildman–Crippen MR) is 88.2 cm³/mol. The molecule has 6 nitrogen and oxygen atoms in total. The van der Waals surface area contributed by atoms with Crippen LogP contribution in [0.15, 0.2) is 48.5 Å². The number of nitrogens with one attached hydrogen (secondary N) is 3. The number of carbonyl (C=O) groups excluding carboxylic acids is 2. The maximum atomic E-state index is 11.7. The van der Waals surface area contributed by atoms with Gasteiger partial charge in [-0.25, -0.2) is 10.2 Å². The van der Waals surface area contributed by atoms with Crippen molar-refractivity contribution in [1.29, 1.82) is 0 Å². The monoisotopic (exact) mass is 313 g/mol. The minimum absolute atomic E-state index is 0.185. The number of para-hydroxylation sites is 1. The lowest BCUT2D eigenvalue weighted by Gasteiger charge is -2.11. The topological polar surface area (TPSA) is 79.5 Å². The van der Waals surface area contributed by atoms with Gasteiger partial charge in [0.15, 0.2) is 6.61 Å². The largest absolute Gasteiger partial charge is 0.483 e. The number of ether oxygens (including phenoxy) is 1. The van der Waals surface area contributed by atoms with Gasteiger partial charge in [-0.05, 0) is 37.6 Å². The van der Waals surface area contributed by atoms with Crippen molar-refractivity contribution in [2.24, 2.45) is 0 Å². The number of carbonyl (C=O) groups is 2. The average molecular weight is 313 g/mol. The highest BCUT2D eigenvalue weighted by Gasteiger charge is 2.07. The standard InChI is InChI=1S/C17H19N3O3/c1-12-8-9-15(13(2)10-12)23-11-16(21)19-20-17(22)18-14-6-4-3-5-7-14/h3-10H,11H2,1-2H3,(H,19,21)(H2,18,20,22). The van der Waals surface area contributed by atoms with Crippen LogP contribution in [0.4, 0.5) is 10.5 Å². The quantitative estimate of drug-likeness (QED) is 0.759. The Labute approximate surface area is 134 Å². The van der Waals surface area contributed by atoms with E-state index in [-0.39, 0.29) is 6.61 Å². The molecular formula is C17H19N3O3. The summed E-state index contributed by atoms with van der Waals surface area (Å²) < 4.78 is 5.42. The first-order valence-corrected chi connectivity index (χ1v) is 7.15. The molecule has 0 aromatic heterocycles. The van der Waals surface area contributed by atoms with Gasteiger partial charge >= 0.3 is 6.03 Å². The summed E-state index contributed by atoms with van der Waals surface area (Å²) in [4.78, 5) is 23.3. The summed E-state index contributed by atoms with van der Waals surface area (Å²) in [7, 11) is 0. The van der Waals surface area contributed by atoms with Crippen LogP contribution in [0.25, 0.3) is 0 Å². The first-order valence-electron chi connectivity index (χ1n) is 7.15. The molecule has 2 rings (SSSR count). The highest BCUT2D eigenvalue weighted by Crippen LogP contribution is 2.18. The molecule has 120 valence electrons. The number of urea groups is 1. The van der Waals surface area contributed by atoms with Crippen LogP contribution in [0.5, 0.6) is 5.75 Å². The van der Waals surface area contributed by atoms with Gasteiger partial charge in [0.1, 0.15) is 5.75 Å². The molecule has 0 heterocycles. The Morgan fingerprint density at radius 3 is 2.43 bits per heavy atom. The SMILES string of the molecule is Cc1ccc(OCC(=O)NNC(=O)Nc2ccccc2)c(C)c1. The van der Waals surface area contributed by atoms with Crippen LogP contribution in [0, 0.1) is 13.8 Å². The molecule has 0 aliphatic heterocycles. The molecule has 0 fully saturated rings. The van der Waals surface area contributed by atoms with Gasteiger partial charge < -0.3 is 10.1 Å². The van der Waals surface area contributed by atoms with Crippen molar-refractivity contribution >= 4 is 17.6 Å². The van der Waals surface area contributed by atoms with Crippen molar-refractivity contribution in [3.8, 4) is 5.75 Å². The second kappa shape index (κ2) is 7.84. The third kappa shape index (κ3) is 5.35. The van der Waals surface area contributed by atoms with Crippen LogP contribution in [-0.4, -0.2) is 18.5 Å². The fourth-order valence-electron chi connectivity index (χ4n) is 1.95. The summed E-state index contributed by atoms with van der Waals surface area (Å²) in [6.07, 6.45) is 0. The molecular weight excluding hydrogens is 294 g/mol. The Morgan fingerprint density at radius 2 is 1.74 bits per heavy atom. The van der Waals surface area contributed by atoms with Crippen molar-refractivity contribution in [2.75, 3.05) is 11.9 Å². The van der Waals surface area contributed by atoms with Gasteiger partial charge in [-0.15, -0.1) is 0 Å². The third-order valence-corrected chi connectivity index (χ3v) is 3.04. The number of hydrogen-bond donors (Lipinski definition) is 3. The molecule has 2 aromatic rings. The summed E-state index contributed by atoms with van der Waals surface area (Å²) in [5, 5.41) is 2.58. The van der Waals surface area contributed by atoms with Crippen molar-refractivity contribution < 1.29 is 14.3 Å². The van der Waals surface area contributed by atoms with Crippen molar-refractivity contribution in [3.05, 3.63) is 59.7 Å². The van der Waals surface area contributed by atoms with E-state index in [4.69, 9.17) is 4.74 Å². The van der Waals surface area contributed by atoms with E-state index in [0.29, 0.717) is 11.4 Å². The van der Waals surface area contributed by atoms with E-state index in [1.54, 1.807) is 24.3 Å². The van der Waals surface area contributed by atoms with E-state index < -0.39 is 11.9 Å². The zero-order chi connectivity index (χ0) is 16.7. The highest BCUT2D eigenvalue weighted by atomic mass is 16.5. The van der Waals surface area contributed by atoms with Gasteiger partial charge in [-0.3, -0.25) is 10.2 Å². The maximum Gasteiger partial charge on any atom is 0.337 e. The minimum atomic E-state index is -0.531. The molecule has 0 bridgehead atoms. The number of amides is 3. The molecule has 0 aliphatic rings. The average Bonchev–Trinajstić information content (AvgIpc) is 2.53. The van der Waals surface area contributed by atoms with E-state index in [2.05, 4.69) is 16.2 Å². The van der Waals surface area contributed by atoms with Crippen LogP contribution >= 0.6 is 0 Å². The van der Waals surface area contributed by atoms with Gasteiger partial charge in [0.25, 0.3) is 5.91 Å². The first kappa shape index (κ1) is 16.4. The second-order valence-corrected chi connectivity index (χ2v) is 5.05. The first-order chi connectivity index (χ1) is 11.0. The van der Waals surface area contributed by atoms with E-state index in [9.17, 15) is 9.59 Å². The molecule has 6 heteroatoms. The molecule has 0 spiro atoms. The van der Waals surface area contributed by atoms with Gasteiger partial charge in [-0.1, -0.05) is 35.9 Å². The molecule has 0 radical (unpaired) electrons. The summed E-state index contributed by atoms with van der Waals surface area (Å²) in [6, 6.07) is 14.1. The van der Waals surface area contributed by atoms with Crippen molar-refractivity contribution in [2.45, 2.75) is 13.8 Å². The molecule has 23 heavy (non-hydrogen) atoms. The van der Waals surface area contributed by atoms with E-state index in [1.165, 1.54) is 0 Å². The summed E-state index contributed by atoms with van der Waals surface area (Å²) in [5.74, 6) is 0.188. The molecule has 0 unspecified atom stereocenters. The van der Waals surface area contributed by atoms with Gasteiger partial charge in [-0.2, -0.15) is 0 Å². The molecule has 0 atom stereocenters. The molecule has 0 saturated heterocycles. The van der Waals surface area contributed by atoms with Gasteiger partial charge in [0.05, 0.1) is 0 Å². The third-order valence-electron chi connectivity index (χ3n) is 3.04. The van der Waals surface area contributed by atoms with Crippen LogP contribution in [0.3, 0.4) is 0 Å². The van der Waals surface area contributed by atoms with Crippen molar-refractivity contribution in [3.63, 3.8) is 0 Å². The van der Waals surface area contributed by atoms with E-state index >= 15 is 0 Å². The maximum absolute atomic E-state index is 11.7. The zero-order valence-corrected chi connectivity index (χ0v) is 13.1. The van der Waals surface area contributed by atoms with E-state index in [0.717, 1.165) is 11.1 Å². The Bertz CT molecular complexity index is 687. The number of aryl methyl sites for hydroxylation is 2. The van der Waals surface area contributed by atoms with Crippen LogP contribution in [0.2, 0.25) is 0 Å². The smallest absolute Gasteiger partial charge is 0.337 e. The fraction of sp³-hybridized carbons (Fsp3) is 0.176. The summed E-state index contributed by atoms with van der Waals surface area (Å²) >= 11 is 0. The number of hydrogen-bond acceptors (Lipinski definition) is 3. The highest BCUT2D eigenvalue weighted by molar-refractivity contribution is 5.91. The Kier molecular flexibility index (Phi) is 5.57. The lowest BCUT2D eigenvalue weighted by molar-refractivity contribution is -0.123. The van der Waals surface area contributed by atoms with Crippen LogP contribution in [-0.2, 0) is 4.79 Å². The van der Waals surface area contributed by atoms with Gasteiger partial charge in [0, 0.05) is 5.69 Å². The number of anilines is 1. The Morgan fingerprint density at radius 1 is 1.00 bits per heavy atom. The number of hydrazine groups is 1. The second-order valence-electron chi connectivity index (χ2n) is 5.05. The van der Waals surface area contributed by atoms with Crippen LogP contribution in [0.1, 0.15) is 11.1 Å². The lowest BCUT2D eigenvalue weighted by atomic mass is 10.1. The fourth-order valence-corrected chi connectivity index (χ4v) is 1.95. The molecule has 3 amide bonds. The number of benzene rings is 2. The Balaban J connectivity index is 1.73. The lowest BCUT2D eigenvalue weighted by Crippen LogP contribution is -2.45. The molecule has 0 saturated carbocycles. The normalized spacial score (nSPS) is 9.83.